The smallest absolute Gasteiger partial charge is 0.504 e. The van der Waals surface area contributed by atoms with E-state index in [1.54, 1.807) is 44.8 Å². The van der Waals surface area contributed by atoms with E-state index >= 15 is 0 Å². The minimum atomic E-state index is -2.15. The van der Waals surface area contributed by atoms with Crippen molar-refractivity contribution in [2.75, 3.05) is 26.6 Å². The SMILES string of the molecule is CC(C)c1c[c-]c(-c2[c-]cccc2)cc1.CN1[CH-]N(c2[c-]cccc2)c2ccccc21.Cc1c[c-]c(-n2cccn2)cc1.[2H]C([2H])([2H])c1c[c-]c(-c2[c-]cc(C([2H])([2H])[2H])cc2)cc1.[Pt+4].[Pt+4].[Pt].[Pt].[Pt].[c-]1ccccc1-c1[c-]cccc1.[c-]1ccccc1-c1[c-]cccc1.[c-]1ccccc1-c1[c-]cccc1.[c-]1ccccc1-n1cccn1.[c-]1ccccc1-n1cccn1.[c-]1ccccc1N1[CH-]N(c2ccccc2)c2ccccc21. The van der Waals surface area contributed by atoms with E-state index in [0.717, 1.165) is 78.6 Å². The summed E-state index contributed by atoms with van der Waals surface area (Å²) in [4.78, 5) is 8.64. The Bertz CT molecular complexity index is 6610. The predicted molar refractivity (Wildman–Crippen MR) is 557 cm³/mol. The van der Waals surface area contributed by atoms with E-state index in [4.69, 9.17) is 8.22 Å². The summed E-state index contributed by atoms with van der Waals surface area (Å²) in [5.41, 5.74) is 24.1. The van der Waals surface area contributed by atoms with E-state index in [1.165, 1.54) is 58.1 Å². The molecule has 0 N–H and O–H groups in total. The van der Waals surface area contributed by atoms with Gasteiger partial charge in [0.1, 0.15) is 0 Å². The van der Waals surface area contributed by atoms with E-state index < -0.39 is 13.7 Å². The third kappa shape index (κ3) is 34.6. The molecule has 2 aliphatic heterocycles. The van der Waals surface area contributed by atoms with Crippen LogP contribution in [-0.4, -0.2) is 36.4 Å². The molecule has 21 aromatic rings. The van der Waals surface area contributed by atoms with E-state index in [1.807, 2.05) is 317 Å². The maximum atomic E-state index is 7.29. The van der Waals surface area contributed by atoms with Crippen LogP contribution in [0.5, 0.6) is 0 Å². The Morgan fingerprint density at radius 1 is 0.248 bits per heavy atom. The molecule has 18 aromatic carbocycles. The largest absolute Gasteiger partial charge is 4.00 e. The zero-order valence-electron chi connectivity index (χ0n) is 83.3. The van der Waals surface area contributed by atoms with Gasteiger partial charge in [0.15, 0.2) is 0 Å². The molecule has 712 valence electrons. The van der Waals surface area contributed by atoms with Crippen molar-refractivity contribution in [2.24, 2.45) is 0 Å². The van der Waals surface area contributed by atoms with Crippen LogP contribution in [0, 0.1) is 125 Å². The molecule has 23 rings (SSSR count). The number of nitrogens with zero attached hydrogens (tertiary/aromatic N) is 10. The van der Waals surface area contributed by atoms with Gasteiger partial charge < -0.3 is 19.6 Å². The molecule has 0 radical (unpaired) electrons. The normalized spacial score (nSPS) is 11.4. The third-order valence-electron chi connectivity index (χ3n) is 20.5. The summed E-state index contributed by atoms with van der Waals surface area (Å²) in [5, 5.41) is 12.2. The van der Waals surface area contributed by atoms with Crippen molar-refractivity contribution in [3.63, 3.8) is 0 Å². The number of para-hydroxylation sites is 9. The minimum Gasteiger partial charge on any atom is -0.504 e. The zero-order chi connectivity index (χ0) is 98.8. The maximum absolute atomic E-state index is 7.29. The number of hydrogen-bond donors (Lipinski definition) is 0. The average Bonchev–Trinajstić information content (AvgIpc) is 1.62. The second-order valence-electron chi connectivity index (χ2n) is 30.5. The summed E-state index contributed by atoms with van der Waals surface area (Å²) in [6, 6.07) is 188. The molecule has 2 aliphatic rings. The van der Waals surface area contributed by atoms with Crippen LogP contribution in [0.3, 0.4) is 0 Å². The van der Waals surface area contributed by atoms with Crippen LogP contribution >= 0.6 is 0 Å². The van der Waals surface area contributed by atoms with Gasteiger partial charge >= 0.3 is 42.1 Å². The fourth-order valence-corrected chi connectivity index (χ4v) is 13.6. The topological polar surface area (TPSA) is 66.4 Å². The van der Waals surface area contributed by atoms with Gasteiger partial charge in [0, 0.05) is 137 Å². The summed E-state index contributed by atoms with van der Waals surface area (Å²) in [5.74, 6) is 0.565. The molecule has 10 nitrogen and oxygen atoms in total. The summed E-state index contributed by atoms with van der Waals surface area (Å²) in [6.07, 6.45) is 11.0. The minimum absolute atomic E-state index is 0. The summed E-state index contributed by atoms with van der Waals surface area (Å²) < 4.78 is 49.1. The molecule has 0 fully saturated rings. The fourth-order valence-electron chi connectivity index (χ4n) is 13.6. The molecule has 0 unspecified atom stereocenters. The van der Waals surface area contributed by atoms with Gasteiger partial charge in [-0.05, 0) is 78.7 Å². The molecule has 3 aromatic heterocycles. The second-order valence-corrected chi connectivity index (χ2v) is 30.5. The summed E-state index contributed by atoms with van der Waals surface area (Å²) in [7, 11) is 2.06. The number of rotatable bonds is 12. The first-order chi connectivity index (χ1) is 69.4. The standard InChI is InChI=1S/C19H14N2.C15H14.C14H12N2.C14H12.3C12H8.C10H9N2.2C9H7N2.5Pt/c1-3-9-16(10-4-1)20-15-21(17-11-5-2-6-12-17)19-14-8-7-13-18(19)20;1-12(2)13-8-10-15(11-9-13)14-6-4-3-5-7-14;1-15-11-16(12-7-3-2-4-8-12)14-10-6-5-9-13(14)15;1-11-3-7-13(8-4-11)14-9-5-12(2)6-10-14;3*1-3-7-11(8-4-1)12-9-5-2-6-10-12;1-9-3-5-10(6-4-9)12-8-2-7-11-12;2*1-2-5-9(6-3-1)11-8-4-7-10-11;;;;;/h1-11,13-15H;3-6,8-10,12H,1-2H3;2-7,9-11H,1H3;3-7,9H,1-2H3;3*1-7,9H;2-5,7-8H,1H3;2*1-5,7-8H;;;;;/q7*-2;3*-1;;;;2*+4/i;;;1D3,2D3;;;;;;;;;;;. The van der Waals surface area contributed by atoms with Crippen LogP contribution < -0.4 is 19.6 Å². The van der Waals surface area contributed by atoms with E-state index in [0.29, 0.717) is 17.0 Å². The second kappa shape index (κ2) is 60.9. The first-order valence-corrected chi connectivity index (χ1v) is 44.2. The van der Waals surface area contributed by atoms with Crippen molar-refractivity contribution in [3.8, 4) is 72.7 Å². The fraction of sp³-hybridized carbons (Fsp3) is 0.0556. The van der Waals surface area contributed by atoms with Crippen LogP contribution in [0.15, 0.2) is 474 Å². The summed E-state index contributed by atoms with van der Waals surface area (Å²) in [6.45, 7) is 6.33. The van der Waals surface area contributed by atoms with Gasteiger partial charge in [-0.15, -0.1) is 95.4 Å². The summed E-state index contributed by atoms with van der Waals surface area (Å²) >= 11 is 0. The Kier molecular flexibility index (Phi) is 43.9. The van der Waals surface area contributed by atoms with Crippen LogP contribution in [-0.2, 0) is 105 Å². The quantitative estimate of drug-likeness (QED) is 0.113. The van der Waals surface area contributed by atoms with E-state index in [-0.39, 0.29) is 116 Å². The molecule has 0 amide bonds. The molecule has 0 saturated heterocycles. The van der Waals surface area contributed by atoms with Gasteiger partial charge in [-0.3, -0.25) is 14.0 Å². The molecule has 15 heteroatoms. The van der Waals surface area contributed by atoms with Crippen LogP contribution in [0.2, 0.25) is 0 Å². The average molecular weight is 2730 g/mol. The van der Waals surface area contributed by atoms with Crippen molar-refractivity contribution < 1.29 is 114 Å². The van der Waals surface area contributed by atoms with Gasteiger partial charge in [-0.1, -0.05) is 82.9 Å². The monoisotopic (exact) mass is 2730 g/mol. The van der Waals surface area contributed by atoms with Gasteiger partial charge in [0.05, 0.1) is 0 Å². The Labute approximate surface area is 914 Å². The van der Waals surface area contributed by atoms with Gasteiger partial charge in [-0.25, -0.2) is 55.6 Å². The van der Waals surface area contributed by atoms with Crippen molar-refractivity contribution in [3.05, 3.63) is 601 Å². The van der Waals surface area contributed by atoms with Gasteiger partial charge in [-0.2, -0.15) is 398 Å². The molecule has 0 aliphatic carbocycles. The number of fused-ring (bicyclic) bond motifs is 2. The molecule has 0 bridgehead atoms. The zero-order valence-corrected chi connectivity index (χ0v) is 88.7. The number of aromatic nitrogens is 6. The van der Waals surface area contributed by atoms with Crippen molar-refractivity contribution in [1.82, 2.24) is 29.3 Å². The van der Waals surface area contributed by atoms with E-state index in [9.17, 15) is 0 Å². The maximum Gasteiger partial charge on any atom is 4.00 e. The molecule has 141 heavy (non-hydrogen) atoms. The number of aryl methyl sites for hydroxylation is 3. The van der Waals surface area contributed by atoms with Gasteiger partial charge in [0.25, 0.3) is 0 Å². The Balaban J connectivity index is 0.000000182. The van der Waals surface area contributed by atoms with Gasteiger partial charge in [0.2, 0.25) is 0 Å². The molecule has 0 saturated carbocycles. The predicted octanol–water partition coefficient (Wildman–Crippen LogP) is 29.9. The van der Waals surface area contributed by atoms with Crippen molar-refractivity contribution in [1.29, 1.82) is 0 Å². The van der Waals surface area contributed by atoms with Crippen LogP contribution in [0.1, 0.15) is 50.2 Å². The first kappa shape index (κ1) is 102. The Morgan fingerprint density at radius 2 is 0.525 bits per heavy atom. The van der Waals surface area contributed by atoms with Crippen molar-refractivity contribution >= 4 is 39.8 Å². The first-order valence-electron chi connectivity index (χ1n) is 47.2. The third-order valence-corrected chi connectivity index (χ3v) is 20.5. The Morgan fingerprint density at radius 3 is 0.809 bits per heavy atom. The molecular formula is C126H99N10Pt5-9. The molecule has 5 heterocycles. The number of benzene rings is 18. The van der Waals surface area contributed by atoms with E-state index in [2.05, 4.69) is 269 Å². The molecule has 0 spiro atoms. The number of hydrogen-bond acceptors (Lipinski definition) is 7. The Hall–Kier alpha value is -13.8. The van der Waals surface area contributed by atoms with Crippen LogP contribution in [0.4, 0.5) is 39.8 Å². The van der Waals surface area contributed by atoms with Crippen LogP contribution in [0.25, 0.3) is 72.7 Å². The molecular weight excluding hydrogens is 2630 g/mol. The van der Waals surface area contributed by atoms with Crippen molar-refractivity contribution in [2.45, 2.75) is 40.4 Å². The number of anilines is 7. The molecule has 0 atom stereocenters.